The third-order valence-corrected chi connectivity index (χ3v) is 6.56. The van der Waals surface area contributed by atoms with Crippen LogP contribution in [0.3, 0.4) is 0 Å². The molecule has 0 bridgehead atoms. The van der Waals surface area contributed by atoms with Crippen molar-refractivity contribution >= 4 is 10.0 Å². The predicted octanol–water partition coefficient (Wildman–Crippen LogP) is 1.37. The zero-order chi connectivity index (χ0) is 18.2. The average molecular weight is 365 g/mol. The first-order valence-corrected chi connectivity index (χ1v) is 9.70. The first-order chi connectivity index (χ1) is 11.8. The van der Waals surface area contributed by atoms with Crippen LogP contribution in [0.15, 0.2) is 17.0 Å². The molecule has 3 heterocycles. The molecule has 0 saturated carbocycles. The van der Waals surface area contributed by atoms with Crippen LogP contribution in [0.1, 0.15) is 29.9 Å². The molecule has 1 aliphatic heterocycles. The Hall–Kier alpha value is -2.00. The topological polar surface area (TPSA) is 90.2 Å². The Morgan fingerprint density at radius 3 is 2.56 bits per heavy atom. The molecule has 0 amide bonds. The molecule has 0 aromatic carbocycles. The van der Waals surface area contributed by atoms with E-state index in [9.17, 15) is 8.42 Å². The van der Waals surface area contributed by atoms with Gasteiger partial charge in [-0.05, 0) is 39.7 Å². The van der Waals surface area contributed by atoms with Gasteiger partial charge in [-0.25, -0.2) is 8.42 Å². The highest BCUT2D eigenvalue weighted by Gasteiger charge is 2.34. The number of hydrogen-bond acceptors (Lipinski definition) is 6. The minimum Gasteiger partial charge on any atom is -0.472 e. The largest absolute Gasteiger partial charge is 0.472 e. The average Bonchev–Trinajstić information content (AvgIpc) is 2.83. The maximum atomic E-state index is 13.1. The molecular weight excluding hydrogens is 342 g/mol. The predicted molar refractivity (Wildman–Crippen MR) is 91.9 cm³/mol. The van der Waals surface area contributed by atoms with Gasteiger partial charge in [0.25, 0.3) is 0 Å². The number of nitrogens with zero attached hydrogens (tertiary/aromatic N) is 5. The van der Waals surface area contributed by atoms with Crippen molar-refractivity contribution in [3.05, 3.63) is 29.2 Å². The lowest BCUT2D eigenvalue weighted by molar-refractivity contribution is 0.123. The van der Waals surface area contributed by atoms with Gasteiger partial charge in [-0.3, -0.25) is 4.68 Å². The number of sulfonamides is 1. The molecule has 2 aromatic heterocycles. The highest BCUT2D eigenvalue weighted by molar-refractivity contribution is 7.89. The third-order valence-electron chi connectivity index (χ3n) is 4.44. The smallest absolute Gasteiger partial charge is 0.246 e. The van der Waals surface area contributed by atoms with E-state index in [-0.39, 0.29) is 6.10 Å². The van der Waals surface area contributed by atoms with Gasteiger partial charge in [0.1, 0.15) is 11.0 Å². The zero-order valence-electron chi connectivity index (χ0n) is 14.9. The van der Waals surface area contributed by atoms with Crippen LogP contribution in [0.5, 0.6) is 5.88 Å². The van der Waals surface area contributed by atoms with Crippen molar-refractivity contribution < 1.29 is 13.2 Å². The van der Waals surface area contributed by atoms with E-state index in [1.807, 2.05) is 13.0 Å². The maximum absolute atomic E-state index is 13.1. The maximum Gasteiger partial charge on any atom is 0.246 e. The second kappa shape index (κ2) is 6.72. The van der Waals surface area contributed by atoms with Gasteiger partial charge in [-0.2, -0.15) is 14.5 Å². The van der Waals surface area contributed by atoms with E-state index in [4.69, 9.17) is 4.74 Å². The lowest BCUT2D eigenvalue weighted by atomic mass is 10.1. The van der Waals surface area contributed by atoms with Crippen molar-refractivity contribution in [2.24, 2.45) is 7.05 Å². The monoisotopic (exact) mass is 365 g/mol. The lowest BCUT2D eigenvalue weighted by Crippen LogP contribution is -2.44. The lowest BCUT2D eigenvalue weighted by Gasteiger charge is -2.31. The summed E-state index contributed by atoms with van der Waals surface area (Å²) < 4.78 is 35.1. The number of ether oxygens (including phenoxy) is 1. The summed E-state index contributed by atoms with van der Waals surface area (Å²) in [5.41, 5.74) is 1.97. The molecule has 8 nitrogen and oxygen atoms in total. The molecule has 0 radical (unpaired) electrons. The Morgan fingerprint density at radius 2 is 1.96 bits per heavy atom. The molecule has 25 heavy (non-hydrogen) atoms. The molecule has 0 N–H and O–H groups in total. The van der Waals surface area contributed by atoms with Gasteiger partial charge in [0.2, 0.25) is 15.9 Å². The van der Waals surface area contributed by atoms with Crippen molar-refractivity contribution in [2.45, 2.75) is 44.6 Å². The van der Waals surface area contributed by atoms with Crippen LogP contribution in [0.25, 0.3) is 0 Å². The molecule has 1 fully saturated rings. The fraction of sp³-hybridized carbons (Fsp3) is 0.562. The molecule has 0 spiro atoms. The number of rotatable bonds is 4. The van der Waals surface area contributed by atoms with Gasteiger partial charge in [0.05, 0.1) is 23.6 Å². The first kappa shape index (κ1) is 17.8. The highest BCUT2D eigenvalue weighted by Crippen LogP contribution is 2.26. The number of aryl methyl sites for hydroxylation is 3. The molecule has 3 rings (SSSR count). The van der Waals surface area contributed by atoms with E-state index >= 15 is 0 Å². The van der Waals surface area contributed by atoms with E-state index in [1.54, 1.807) is 31.6 Å². The number of piperidine rings is 1. The summed E-state index contributed by atoms with van der Waals surface area (Å²) in [7, 11) is -1.85. The van der Waals surface area contributed by atoms with Gasteiger partial charge in [-0.15, -0.1) is 5.10 Å². The Kier molecular flexibility index (Phi) is 4.79. The van der Waals surface area contributed by atoms with E-state index in [0.29, 0.717) is 35.3 Å². The Bertz CT molecular complexity index is 861. The summed E-state index contributed by atoms with van der Waals surface area (Å²) in [6, 6.07) is 3.58. The second-order valence-corrected chi connectivity index (χ2v) is 8.26. The van der Waals surface area contributed by atoms with Crippen LogP contribution in [0, 0.1) is 20.8 Å². The molecule has 0 aliphatic carbocycles. The summed E-state index contributed by atoms with van der Waals surface area (Å²) in [4.78, 5) is 0.297. The van der Waals surface area contributed by atoms with Gasteiger partial charge >= 0.3 is 0 Å². The van der Waals surface area contributed by atoms with Crippen LogP contribution in [-0.4, -0.2) is 51.9 Å². The molecule has 2 aromatic rings. The van der Waals surface area contributed by atoms with Crippen LogP contribution in [0.4, 0.5) is 0 Å². The van der Waals surface area contributed by atoms with Gasteiger partial charge in [0, 0.05) is 19.7 Å². The first-order valence-electron chi connectivity index (χ1n) is 8.26. The number of aromatic nitrogens is 4. The molecule has 1 unspecified atom stereocenters. The van der Waals surface area contributed by atoms with Crippen LogP contribution >= 0.6 is 0 Å². The normalized spacial score (nSPS) is 19.1. The SMILES string of the molecule is Cc1ccc(OC2CCCN(S(=O)(=O)c3c(C)nn(C)c3C)C2)nn1. The Morgan fingerprint density at radius 1 is 1.20 bits per heavy atom. The van der Waals surface area contributed by atoms with Crippen molar-refractivity contribution in [1.82, 2.24) is 24.3 Å². The Labute approximate surface area is 147 Å². The van der Waals surface area contributed by atoms with Gasteiger partial charge < -0.3 is 4.74 Å². The molecule has 1 saturated heterocycles. The van der Waals surface area contributed by atoms with Crippen molar-refractivity contribution in [3.8, 4) is 5.88 Å². The minimum absolute atomic E-state index is 0.238. The summed E-state index contributed by atoms with van der Waals surface area (Å²) in [5.74, 6) is 0.420. The molecule has 1 aliphatic rings. The highest BCUT2D eigenvalue weighted by atomic mass is 32.2. The summed E-state index contributed by atoms with van der Waals surface area (Å²) in [6.45, 7) is 6.12. The fourth-order valence-corrected chi connectivity index (χ4v) is 5.01. The number of hydrogen-bond donors (Lipinski definition) is 0. The van der Waals surface area contributed by atoms with E-state index in [0.717, 1.165) is 18.5 Å². The van der Waals surface area contributed by atoms with Crippen LogP contribution < -0.4 is 4.74 Å². The summed E-state index contributed by atoms with van der Waals surface area (Å²) in [6.07, 6.45) is 1.28. The standard InChI is InChI=1S/C16H23N5O3S/c1-11-7-8-15(18-17-11)24-14-6-5-9-21(10-14)25(22,23)16-12(2)19-20(4)13(16)3/h7-8,14H,5-6,9-10H2,1-4H3. The van der Waals surface area contributed by atoms with Crippen LogP contribution in [-0.2, 0) is 17.1 Å². The van der Waals surface area contributed by atoms with E-state index in [2.05, 4.69) is 15.3 Å². The Balaban J connectivity index is 1.79. The molecular formula is C16H23N5O3S. The van der Waals surface area contributed by atoms with Crippen molar-refractivity contribution in [3.63, 3.8) is 0 Å². The van der Waals surface area contributed by atoms with Crippen molar-refractivity contribution in [2.75, 3.05) is 13.1 Å². The third kappa shape index (κ3) is 3.52. The second-order valence-electron chi connectivity index (χ2n) is 6.38. The molecule has 1 atom stereocenters. The van der Waals surface area contributed by atoms with E-state index in [1.165, 1.54) is 4.31 Å². The van der Waals surface area contributed by atoms with Gasteiger partial charge in [-0.1, -0.05) is 0 Å². The van der Waals surface area contributed by atoms with Crippen molar-refractivity contribution in [1.29, 1.82) is 0 Å². The van der Waals surface area contributed by atoms with Crippen LogP contribution in [0.2, 0.25) is 0 Å². The fourth-order valence-electron chi connectivity index (χ4n) is 3.10. The quantitative estimate of drug-likeness (QED) is 0.813. The van der Waals surface area contributed by atoms with E-state index < -0.39 is 10.0 Å². The zero-order valence-corrected chi connectivity index (χ0v) is 15.7. The summed E-state index contributed by atoms with van der Waals surface area (Å²) >= 11 is 0. The summed E-state index contributed by atoms with van der Waals surface area (Å²) in [5, 5.41) is 12.2. The molecule has 136 valence electrons. The van der Waals surface area contributed by atoms with Gasteiger partial charge in [0.15, 0.2) is 0 Å². The minimum atomic E-state index is -3.60. The molecule has 9 heteroatoms.